The number of anilines is 1. The van der Waals surface area contributed by atoms with Crippen molar-refractivity contribution in [2.24, 2.45) is 0 Å². The van der Waals surface area contributed by atoms with Crippen LogP contribution in [0.15, 0.2) is 36.4 Å². The van der Waals surface area contributed by atoms with Crippen molar-refractivity contribution in [3.05, 3.63) is 53.3 Å². The number of aliphatic hydroxyl groups excluding tert-OH is 1. The number of hydrogen-bond donors (Lipinski definition) is 3. The van der Waals surface area contributed by atoms with Gasteiger partial charge in [0.25, 0.3) is 0 Å². The van der Waals surface area contributed by atoms with E-state index in [1.807, 2.05) is 0 Å². The van der Waals surface area contributed by atoms with Crippen LogP contribution < -0.4 is 10.5 Å². The molecule has 0 atom stereocenters. The summed E-state index contributed by atoms with van der Waals surface area (Å²) in [6, 6.07) is 8.41. The predicted molar refractivity (Wildman–Crippen MR) is 70.2 cm³/mol. The molecule has 0 bridgehead atoms. The Labute approximate surface area is 114 Å². The number of carbonyl (C=O) groups is 1. The first-order valence-electron chi connectivity index (χ1n) is 5.71. The van der Waals surface area contributed by atoms with Gasteiger partial charge in [-0.25, -0.2) is 9.18 Å². The lowest BCUT2D eigenvalue weighted by molar-refractivity contribution is 0.0692. The Morgan fingerprint density at radius 1 is 1.25 bits per heavy atom. The fraction of sp³-hybridized carbons (Fsp3) is 0.0714. The number of ether oxygens (including phenoxy) is 1. The first kappa shape index (κ1) is 13.8. The molecule has 0 amide bonds. The van der Waals surface area contributed by atoms with Gasteiger partial charge in [-0.2, -0.15) is 0 Å². The zero-order chi connectivity index (χ0) is 14.7. The zero-order valence-electron chi connectivity index (χ0n) is 10.3. The molecule has 0 spiro atoms. The molecule has 0 aromatic heterocycles. The molecule has 0 aliphatic rings. The molecule has 2 aromatic rings. The average molecular weight is 277 g/mol. The Kier molecular flexibility index (Phi) is 3.86. The van der Waals surface area contributed by atoms with E-state index in [-0.39, 0.29) is 18.0 Å². The van der Waals surface area contributed by atoms with Crippen LogP contribution in [0.3, 0.4) is 0 Å². The highest BCUT2D eigenvalue weighted by Crippen LogP contribution is 2.30. The summed E-state index contributed by atoms with van der Waals surface area (Å²) in [5, 5.41) is 17.7. The van der Waals surface area contributed by atoms with Gasteiger partial charge >= 0.3 is 5.97 Å². The summed E-state index contributed by atoms with van der Waals surface area (Å²) in [6.45, 7) is -0.0929. The molecule has 104 valence electrons. The second-order valence-electron chi connectivity index (χ2n) is 4.08. The minimum atomic E-state index is -1.40. The molecule has 0 heterocycles. The summed E-state index contributed by atoms with van der Waals surface area (Å²) in [7, 11) is 0. The highest BCUT2D eigenvalue weighted by molar-refractivity contribution is 5.89. The van der Waals surface area contributed by atoms with Gasteiger partial charge in [0.05, 0.1) is 17.9 Å². The van der Waals surface area contributed by atoms with Crippen LogP contribution in [0.25, 0.3) is 0 Å². The first-order chi connectivity index (χ1) is 9.51. The zero-order valence-corrected chi connectivity index (χ0v) is 10.3. The van der Waals surface area contributed by atoms with Crippen LogP contribution >= 0.6 is 0 Å². The molecular weight excluding hydrogens is 265 g/mol. The Bertz CT molecular complexity index is 640. The molecule has 0 aliphatic heterocycles. The average Bonchev–Trinajstić information content (AvgIpc) is 2.43. The van der Waals surface area contributed by atoms with E-state index < -0.39 is 17.3 Å². The van der Waals surface area contributed by atoms with Crippen LogP contribution in [0.5, 0.6) is 11.5 Å². The van der Waals surface area contributed by atoms with Gasteiger partial charge in [-0.05, 0) is 23.8 Å². The largest absolute Gasteiger partial charge is 0.478 e. The number of benzene rings is 2. The fourth-order valence-electron chi connectivity index (χ4n) is 1.61. The molecular formula is C14H12FNO4. The molecule has 0 radical (unpaired) electrons. The highest BCUT2D eigenvalue weighted by Gasteiger charge is 2.14. The topological polar surface area (TPSA) is 92.8 Å². The molecule has 5 nitrogen and oxygen atoms in total. The number of aliphatic hydroxyl groups is 1. The Hall–Kier alpha value is -2.60. The third kappa shape index (κ3) is 2.86. The van der Waals surface area contributed by atoms with Gasteiger partial charge in [-0.3, -0.25) is 0 Å². The van der Waals surface area contributed by atoms with Gasteiger partial charge in [0, 0.05) is 6.07 Å². The molecule has 0 aliphatic carbocycles. The summed E-state index contributed by atoms with van der Waals surface area (Å²) in [5.74, 6) is -1.89. The van der Waals surface area contributed by atoms with E-state index in [2.05, 4.69) is 0 Å². The maximum Gasteiger partial charge on any atom is 0.338 e. The molecule has 2 aromatic carbocycles. The van der Waals surface area contributed by atoms with Crippen molar-refractivity contribution in [2.75, 3.05) is 5.73 Å². The summed E-state index contributed by atoms with van der Waals surface area (Å²) in [5.41, 5.74) is 5.86. The van der Waals surface area contributed by atoms with E-state index in [9.17, 15) is 9.18 Å². The van der Waals surface area contributed by atoms with E-state index in [0.29, 0.717) is 11.3 Å². The normalized spacial score (nSPS) is 10.3. The molecule has 6 heteroatoms. The molecule has 0 saturated heterocycles. The maximum atomic E-state index is 13.6. The van der Waals surface area contributed by atoms with E-state index >= 15 is 0 Å². The smallest absolute Gasteiger partial charge is 0.338 e. The lowest BCUT2D eigenvalue weighted by atomic mass is 10.1. The van der Waals surface area contributed by atoms with E-state index in [1.165, 1.54) is 0 Å². The van der Waals surface area contributed by atoms with E-state index in [1.54, 1.807) is 24.3 Å². The minimum absolute atomic E-state index is 0.0232. The van der Waals surface area contributed by atoms with Crippen LogP contribution in [-0.4, -0.2) is 16.2 Å². The number of nitrogens with two attached hydrogens (primary N) is 1. The quantitative estimate of drug-likeness (QED) is 0.746. The van der Waals surface area contributed by atoms with Gasteiger partial charge in [0.2, 0.25) is 0 Å². The molecule has 0 fully saturated rings. The second-order valence-corrected chi connectivity index (χ2v) is 4.08. The van der Waals surface area contributed by atoms with Crippen molar-refractivity contribution in [3.8, 4) is 11.5 Å². The van der Waals surface area contributed by atoms with Crippen molar-refractivity contribution < 1.29 is 24.1 Å². The van der Waals surface area contributed by atoms with Crippen molar-refractivity contribution in [1.82, 2.24) is 0 Å². The van der Waals surface area contributed by atoms with Gasteiger partial charge in [0.15, 0.2) is 5.75 Å². The minimum Gasteiger partial charge on any atom is -0.478 e. The molecule has 2 rings (SSSR count). The lowest BCUT2D eigenvalue weighted by Gasteiger charge is -2.10. The highest BCUT2D eigenvalue weighted by atomic mass is 19.1. The number of nitrogen functional groups attached to an aromatic ring is 1. The van der Waals surface area contributed by atoms with Crippen LogP contribution in [0.1, 0.15) is 15.9 Å². The summed E-state index contributed by atoms with van der Waals surface area (Å²) in [4.78, 5) is 10.8. The number of halogens is 1. The molecule has 0 unspecified atom stereocenters. The molecule has 0 saturated carbocycles. The predicted octanol–water partition coefficient (Wildman–Crippen LogP) is 2.39. The van der Waals surface area contributed by atoms with Gasteiger partial charge in [0.1, 0.15) is 11.6 Å². The Balaban J connectivity index is 2.29. The maximum absolute atomic E-state index is 13.6. The number of hydrogen-bond acceptors (Lipinski definition) is 4. The van der Waals surface area contributed by atoms with Gasteiger partial charge in [-0.15, -0.1) is 0 Å². The van der Waals surface area contributed by atoms with Crippen LogP contribution in [-0.2, 0) is 6.61 Å². The Morgan fingerprint density at radius 3 is 2.45 bits per heavy atom. The lowest BCUT2D eigenvalue weighted by Crippen LogP contribution is -2.03. The SMILES string of the molecule is Nc1cc(C(=O)O)c(F)cc1Oc1ccc(CO)cc1. The van der Waals surface area contributed by atoms with Crippen molar-refractivity contribution in [1.29, 1.82) is 0 Å². The number of carboxylic acids is 1. The first-order valence-corrected chi connectivity index (χ1v) is 5.71. The standard InChI is InChI=1S/C14H12FNO4/c15-11-6-13(12(16)5-10(11)14(18)19)20-9-3-1-8(7-17)2-4-9/h1-6,17H,7,16H2,(H,18,19). The second kappa shape index (κ2) is 5.58. The summed E-state index contributed by atoms with van der Waals surface area (Å²) in [6.07, 6.45) is 0. The Morgan fingerprint density at radius 2 is 1.90 bits per heavy atom. The fourth-order valence-corrected chi connectivity index (χ4v) is 1.61. The third-order valence-electron chi connectivity index (χ3n) is 2.66. The number of rotatable bonds is 4. The van der Waals surface area contributed by atoms with Crippen LogP contribution in [0.4, 0.5) is 10.1 Å². The summed E-state index contributed by atoms with van der Waals surface area (Å²) >= 11 is 0. The molecule has 20 heavy (non-hydrogen) atoms. The summed E-state index contributed by atoms with van der Waals surface area (Å²) < 4.78 is 18.9. The monoisotopic (exact) mass is 277 g/mol. The van der Waals surface area contributed by atoms with Crippen LogP contribution in [0.2, 0.25) is 0 Å². The van der Waals surface area contributed by atoms with Crippen molar-refractivity contribution in [3.63, 3.8) is 0 Å². The number of aromatic carboxylic acids is 1. The molecule has 4 N–H and O–H groups in total. The van der Waals surface area contributed by atoms with Crippen molar-refractivity contribution >= 4 is 11.7 Å². The van der Waals surface area contributed by atoms with Crippen LogP contribution in [0, 0.1) is 5.82 Å². The third-order valence-corrected chi connectivity index (χ3v) is 2.66. The van der Waals surface area contributed by atoms with Gasteiger partial charge < -0.3 is 20.7 Å². The van der Waals surface area contributed by atoms with Crippen molar-refractivity contribution in [2.45, 2.75) is 6.61 Å². The van der Waals surface area contributed by atoms with E-state index in [4.69, 9.17) is 20.7 Å². The number of carboxylic acid groups (broad SMARTS) is 1. The van der Waals surface area contributed by atoms with Gasteiger partial charge in [-0.1, -0.05) is 12.1 Å². The van der Waals surface area contributed by atoms with E-state index in [0.717, 1.165) is 12.1 Å².